The second-order valence-electron chi connectivity index (χ2n) is 4.50. The number of carbonyl (C=O) groups is 2. The first-order valence-corrected chi connectivity index (χ1v) is 6.56. The third kappa shape index (κ3) is 3.69. The van der Waals surface area contributed by atoms with Gasteiger partial charge in [-0.3, -0.25) is 4.79 Å². The Balaban J connectivity index is 2.09. The van der Waals surface area contributed by atoms with Crippen LogP contribution in [-0.2, 0) is 9.53 Å². The molecule has 0 N–H and O–H groups in total. The fourth-order valence-corrected chi connectivity index (χ4v) is 1.86. The first kappa shape index (κ1) is 14.8. The van der Waals surface area contributed by atoms with Gasteiger partial charge in [0, 0.05) is 11.1 Å². The summed E-state index contributed by atoms with van der Waals surface area (Å²) in [6.07, 6.45) is -0.689. The molecule has 0 fully saturated rings. The number of rotatable bonds is 5. The van der Waals surface area contributed by atoms with Crippen molar-refractivity contribution in [3.05, 3.63) is 65.7 Å². The lowest BCUT2D eigenvalue weighted by Gasteiger charge is -2.12. The number of benzene rings is 2. The van der Waals surface area contributed by atoms with Crippen molar-refractivity contribution < 1.29 is 19.1 Å². The van der Waals surface area contributed by atoms with Crippen LogP contribution in [0.3, 0.4) is 0 Å². The summed E-state index contributed by atoms with van der Waals surface area (Å²) in [6, 6.07) is 15.7. The Morgan fingerprint density at radius 3 is 2.05 bits per heavy atom. The lowest BCUT2D eigenvalue weighted by molar-refractivity contribution is -0.147. The average Bonchev–Trinajstić information content (AvgIpc) is 2.55. The van der Waals surface area contributed by atoms with E-state index in [1.54, 1.807) is 43.3 Å². The lowest BCUT2D eigenvalue weighted by atomic mass is 10.0. The van der Waals surface area contributed by atoms with E-state index >= 15 is 0 Å². The molecular formula is C17H16O4. The van der Waals surface area contributed by atoms with Gasteiger partial charge in [0.25, 0.3) is 0 Å². The van der Waals surface area contributed by atoms with Gasteiger partial charge in [-0.2, -0.15) is 0 Å². The topological polar surface area (TPSA) is 52.6 Å². The maximum Gasteiger partial charge on any atom is 0.346 e. The van der Waals surface area contributed by atoms with E-state index in [0.717, 1.165) is 0 Å². The van der Waals surface area contributed by atoms with Gasteiger partial charge < -0.3 is 9.47 Å². The normalized spacial score (nSPS) is 11.5. The molecule has 2 rings (SSSR count). The Morgan fingerprint density at radius 1 is 0.905 bits per heavy atom. The summed E-state index contributed by atoms with van der Waals surface area (Å²) < 4.78 is 10.0. The van der Waals surface area contributed by atoms with Crippen molar-refractivity contribution in [2.75, 3.05) is 7.11 Å². The molecular weight excluding hydrogens is 268 g/mol. The largest absolute Gasteiger partial charge is 0.479 e. The molecule has 0 bridgehead atoms. The number of ketones is 1. The van der Waals surface area contributed by atoms with Crippen molar-refractivity contribution in [3.63, 3.8) is 0 Å². The molecule has 0 aromatic heterocycles. The van der Waals surface area contributed by atoms with Crippen LogP contribution in [0, 0.1) is 0 Å². The molecule has 0 radical (unpaired) electrons. The van der Waals surface area contributed by atoms with Gasteiger partial charge in [0.15, 0.2) is 11.9 Å². The summed E-state index contributed by atoms with van der Waals surface area (Å²) in [7, 11) is 1.31. The molecule has 1 atom stereocenters. The molecule has 2 aromatic carbocycles. The SMILES string of the molecule is COC(=O)[C@H](C)Oc1ccc(C(=O)c2ccccc2)cc1. The van der Waals surface area contributed by atoms with Crippen LogP contribution in [0.5, 0.6) is 5.75 Å². The van der Waals surface area contributed by atoms with Crippen molar-refractivity contribution in [2.45, 2.75) is 13.0 Å². The summed E-state index contributed by atoms with van der Waals surface area (Å²) in [4.78, 5) is 23.5. The highest BCUT2D eigenvalue weighted by Crippen LogP contribution is 2.16. The van der Waals surface area contributed by atoms with Crippen LogP contribution in [0.2, 0.25) is 0 Å². The molecule has 0 aliphatic rings. The van der Waals surface area contributed by atoms with Crippen molar-refractivity contribution in [1.82, 2.24) is 0 Å². The third-order valence-electron chi connectivity index (χ3n) is 3.00. The van der Waals surface area contributed by atoms with Crippen molar-refractivity contribution in [2.24, 2.45) is 0 Å². The van der Waals surface area contributed by atoms with Gasteiger partial charge in [-0.25, -0.2) is 4.79 Å². The summed E-state index contributed by atoms with van der Waals surface area (Å²) in [5.41, 5.74) is 1.20. The molecule has 4 nitrogen and oxygen atoms in total. The molecule has 0 unspecified atom stereocenters. The second kappa shape index (κ2) is 6.70. The monoisotopic (exact) mass is 284 g/mol. The highest BCUT2D eigenvalue weighted by atomic mass is 16.6. The van der Waals surface area contributed by atoms with Crippen LogP contribution in [-0.4, -0.2) is 25.0 Å². The Bertz CT molecular complexity index is 617. The number of esters is 1. The minimum Gasteiger partial charge on any atom is -0.479 e. The minimum absolute atomic E-state index is 0.0526. The van der Waals surface area contributed by atoms with E-state index in [-0.39, 0.29) is 5.78 Å². The average molecular weight is 284 g/mol. The summed E-state index contributed by atoms with van der Waals surface area (Å²) in [5, 5.41) is 0. The fourth-order valence-electron chi connectivity index (χ4n) is 1.86. The maximum atomic E-state index is 12.2. The van der Waals surface area contributed by atoms with Gasteiger partial charge in [-0.1, -0.05) is 30.3 Å². The van der Waals surface area contributed by atoms with Crippen LogP contribution in [0.25, 0.3) is 0 Å². The zero-order valence-corrected chi connectivity index (χ0v) is 11.9. The molecule has 0 aliphatic heterocycles. The zero-order valence-electron chi connectivity index (χ0n) is 11.9. The third-order valence-corrected chi connectivity index (χ3v) is 3.00. The van der Waals surface area contributed by atoms with E-state index in [1.807, 2.05) is 18.2 Å². The Morgan fingerprint density at radius 2 is 1.48 bits per heavy atom. The van der Waals surface area contributed by atoms with Crippen LogP contribution in [0.1, 0.15) is 22.8 Å². The van der Waals surface area contributed by atoms with Crippen molar-refractivity contribution in [3.8, 4) is 5.75 Å². The first-order chi connectivity index (χ1) is 10.1. The summed E-state index contributed by atoms with van der Waals surface area (Å²) >= 11 is 0. The summed E-state index contributed by atoms with van der Waals surface area (Å²) in [5.74, 6) is 0.0140. The van der Waals surface area contributed by atoms with E-state index < -0.39 is 12.1 Å². The Kier molecular flexibility index (Phi) is 4.72. The van der Waals surface area contributed by atoms with E-state index in [1.165, 1.54) is 7.11 Å². The van der Waals surface area contributed by atoms with Crippen LogP contribution in [0.15, 0.2) is 54.6 Å². The van der Waals surface area contributed by atoms with Crippen molar-refractivity contribution >= 4 is 11.8 Å². The molecule has 0 aliphatic carbocycles. The van der Waals surface area contributed by atoms with Crippen LogP contribution in [0.4, 0.5) is 0 Å². The zero-order chi connectivity index (χ0) is 15.2. The number of hydrogen-bond acceptors (Lipinski definition) is 4. The maximum absolute atomic E-state index is 12.2. The molecule has 0 saturated carbocycles. The molecule has 108 valence electrons. The van der Waals surface area contributed by atoms with Gasteiger partial charge in [0.2, 0.25) is 0 Å². The number of ether oxygens (including phenoxy) is 2. The number of methoxy groups -OCH3 is 1. The minimum atomic E-state index is -0.689. The molecule has 0 heterocycles. The van der Waals surface area contributed by atoms with Gasteiger partial charge in [0.1, 0.15) is 5.75 Å². The Hall–Kier alpha value is -2.62. The predicted octanol–water partition coefficient (Wildman–Crippen LogP) is 2.86. The molecule has 0 saturated heterocycles. The van der Waals surface area contributed by atoms with Crippen LogP contribution < -0.4 is 4.74 Å². The standard InChI is InChI=1S/C17H16O4/c1-12(17(19)20-2)21-15-10-8-14(9-11-15)16(18)13-6-4-3-5-7-13/h3-12H,1-2H3/t12-/m0/s1. The van der Waals surface area contributed by atoms with E-state index in [0.29, 0.717) is 16.9 Å². The molecule has 0 spiro atoms. The number of hydrogen-bond donors (Lipinski definition) is 0. The number of carbonyl (C=O) groups excluding carboxylic acids is 2. The molecule has 0 amide bonds. The van der Waals surface area contributed by atoms with Gasteiger partial charge in [0.05, 0.1) is 7.11 Å². The van der Waals surface area contributed by atoms with E-state index in [4.69, 9.17) is 4.74 Å². The quantitative estimate of drug-likeness (QED) is 0.626. The van der Waals surface area contributed by atoms with Gasteiger partial charge in [-0.05, 0) is 31.2 Å². The second-order valence-corrected chi connectivity index (χ2v) is 4.50. The highest BCUT2D eigenvalue weighted by Gasteiger charge is 2.15. The van der Waals surface area contributed by atoms with E-state index in [9.17, 15) is 9.59 Å². The summed E-state index contributed by atoms with van der Waals surface area (Å²) in [6.45, 7) is 1.61. The Labute approximate surface area is 123 Å². The van der Waals surface area contributed by atoms with Gasteiger partial charge in [-0.15, -0.1) is 0 Å². The lowest BCUT2D eigenvalue weighted by Crippen LogP contribution is -2.24. The first-order valence-electron chi connectivity index (χ1n) is 6.56. The molecule has 4 heteroatoms. The predicted molar refractivity (Wildman–Crippen MR) is 78.4 cm³/mol. The fraction of sp³-hybridized carbons (Fsp3) is 0.176. The van der Waals surface area contributed by atoms with Crippen LogP contribution >= 0.6 is 0 Å². The highest BCUT2D eigenvalue weighted by molar-refractivity contribution is 6.08. The van der Waals surface area contributed by atoms with Gasteiger partial charge >= 0.3 is 5.97 Å². The molecule has 21 heavy (non-hydrogen) atoms. The van der Waals surface area contributed by atoms with Crippen molar-refractivity contribution in [1.29, 1.82) is 0 Å². The smallest absolute Gasteiger partial charge is 0.346 e. The molecule has 2 aromatic rings. The van der Waals surface area contributed by atoms with E-state index in [2.05, 4.69) is 4.74 Å².